The lowest BCUT2D eigenvalue weighted by Crippen LogP contribution is -2.43. The van der Waals surface area contributed by atoms with Crippen molar-refractivity contribution in [2.75, 3.05) is 6.67 Å². The average molecular weight is 237 g/mol. The van der Waals surface area contributed by atoms with E-state index in [4.69, 9.17) is 16.6 Å². The second-order valence-corrected chi connectivity index (χ2v) is 3.70. The predicted molar refractivity (Wildman–Crippen MR) is 60.1 cm³/mol. The van der Waals surface area contributed by atoms with E-state index in [0.29, 0.717) is 6.42 Å². The zero-order valence-corrected chi connectivity index (χ0v) is 9.32. The summed E-state index contributed by atoms with van der Waals surface area (Å²) in [6.45, 7) is 0.820. The van der Waals surface area contributed by atoms with E-state index in [2.05, 4.69) is 17.6 Å². The number of nitrogens with zero attached hydrogens (tertiary/aromatic N) is 1. The maximum Gasteiger partial charge on any atom is 0.329 e. The number of amidine groups is 1. The first-order valence-electron chi connectivity index (χ1n) is 4.48. The predicted octanol–water partition coefficient (Wildman–Crippen LogP) is -0.198. The monoisotopic (exact) mass is 237 g/mol. The molecule has 88 valence electrons. The maximum absolute atomic E-state index is 12.1. The molecular weight excluding hydrogens is 221 g/mol. The number of carboxylic acid groups (broad SMARTS) is 1. The Morgan fingerprint density at radius 3 is 2.53 bits per heavy atom. The van der Waals surface area contributed by atoms with Crippen LogP contribution in [0.4, 0.5) is 4.39 Å². The summed E-state index contributed by atoms with van der Waals surface area (Å²) in [6, 6.07) is -1.63. The molecule has 0 amide bonds. The first kappa shape index (κ1) is 14.2. The zero-order valence-electron chi connectivity index (χ0n) is 8.43. The summed E-state index contributed by atoms with van der Waals surface area (Å²) in [6.07, 6.45) is 0.559. The Hall–Kier alpha value is -0.820. The number of rotatable bonds is 6. The highest BCUT2D eigenvalue weighted by molar-refractivity contribution is 7.81. The molecule has 0 aliphatic heterocycles. The molecule has 0 rings (SSSR count). The highest BCUT2D eigenvalue weighted by atomic mass is 32.1. The minimum absolute atomic E-state index is 0.357. The van der Waals surface area contributed by atoms with E-state index in [0.717, 1.165) is 0 Å². The molecule has 5 N–H and O–H groups in total. The standard InChI is InChI=1S/C8H16FN3O2S/c1-2-4(10)7(15)6(8(13)14)12-5(11)3-9/h4,6-7,15H,2-3,10H2,1H3,(H2,11,12)(H,13,14)/t4?,6-,7?/m0/s1. The first-order chi connectivity index (χ1) is 6.93. The van der Waals surface area contributed by atoms with Crippen LogP contribution >= 0.6 is 12.6 Å². The minimum atomic E-state index is -1.21. The van der Waals surface area contributed by atoms with Crippen molar-refractivity contribution in [1.29, 1.82) is 0 Å². The highest BCUT2D eigenvalue weighted by Crippen LogP contribution is 2.12. The molecule has 0 bridgehead atoms. The molecule has 0 aromatic rings. The summed E-state index contributed by atoms with van der Waals surface area (Å²) in [5.74, 6) is -1.57. The second kappa shape index (κ2) is 6.62. The van der Waals surface area contributed by atoms with Gasteiger partial charge < -0.3 is 16.6 Å². The molecule has 2 unspecified atom stereocenters. The molecule has 0 aliphatic rings. The molecule has 3 atom stereocenters. The van der Waals surface area contributed by atoms with Gasteiger partial charge in [0, 0.05) is 6.04 Å². The van der Waals surface area contributed by atoms with Crippen LogP contribution in [0.25, 0.3) is 0 Å². The molecule has 0 heterocycles. The van der Waals surface area contributed by atoms with E-state index in [1.54, 1.807) is 6.92 Å². The van der Waals surface area contributed by atoms with E-state index in [9.17, 15) is 9.18 Å². The third-order valence-corrected chi connectivity index (χ3v) is 2.59. The van der Waals surface area contributed by atoms with Gasteiger partial charge in [0.1, 0.15) is 12.5 Å². The van der Waals surface area contributed by atoms with Crippen LogP contribution < -0.4 is 11.5 Å². The number of nitrogens with two attached hydrogens (primary N) is 2. The number of aliphatic carboxylic acids is 1. The van der Waals surface area contributed by atoms with Gasteiger partial charge in [0.25, 0.3) is 0 Å². The highest BCUT2D eigenvalue weighted by Gasteiger charge is 2.29. The average Bonchev–Trinajstić information content (AvgIpc) is 2.22. The molecule has 0 saturated carbocycles. The first-order valence-corrected chi connectivity index (χ1v) is 5.00. The van der Waals surface area contributed by atoms with Crippen LogP contribution in [-0.2, 0) is 4.79 Å². The molecule has 5 nitrogen and oxygen atoms in total. The lowest BCUT2D eigenvalue weighted by atomic mass is 10.1. The van der Waals surface area contributed by atoms with Crippen LogP contribution in [0.3, 0.4) is 0 Å². The van der Waals surface area contributed by atoms with Gasteiger partial charge >= 0.3 is 5.97 Å². The second-order valence-electron chi connectivity index (χ2n) is 3.10. The van der Waals surface area contributed by atoms with Crippen LogP contribution in [0.1, 0.15) is 13.3 Å². The van der Waals surface area contributed by atoms with E-state index in [-0.39, 0.29) is 5.84 Å². The number of hydrogen-bond acceptors (Lipinski definition) is 4. The van der Waals surface area contributed by atoms with Crippen molar-refractivity contribution >= 4 is 24.4 Å². The maximum atomic E-state index is 12.1. The molecule has 7 heteroatoms. The number of aliphatic imine (C=N–C) groups is 1. The van der Waals surface area contributed by atoms with Crippen molar-refractivity contribution < 1.29 is 14.3 Å². The van der Waals surface area contributed by atoms with Crippen LogP contribution in [0.2, 0.25) is 0 Å². The summed E-state index contributed by atoms with van der Waals surface area (Å²) in [7, 11) is 0. The Morgan fingerprint density at radius 2 is 2.20 bits per heavy atom. The molecule has 0 fully saturated rings. The molecule has 0 aromatic heterocycles. The van der Waals surface area contributed by atoms with E-state index in [1.165, 1.54) is 0 Å². The third-order valence-electron chi connectivity index (χ3n) is 1.93. The number of carbonyl (C=O) groups is 1. The molecule has 15 heavy (non-hydrogen) atoms. The SMILES string of the molecule is CCC(N)C(S)[C@H](N=C(N)CF)C(=O)O. The van der Waals surface area contributed by atoms with Gasteiger partial charge in [-0.2, -0.15) is 12.6 Å². The van der Waals surface area contributed by atoms with Crippen molar-refractivity contribution in [2.24, 2.45) is 16.5 Å². The molecule has 0 aromatic carbocycles. The molecule has 0 spiro atoms. The number of halogens is 1. The van der Waals surface area contributed by atoms with Crippen molar-refractivity contribution in [3.63, 3.8) is 0 Å². The van der Waals surface area contributed by atoms with E-state index >= 15 is 0 Å². The molecular formula is C8H16FN3O2S. The van der Waals surface area contributed by atoms with Crippen molar-refractivity contribution in [1.82, 2.24) is 0 Å². The lowest BCUT2D eigenvalue weighted by Gasteiger charge is -2.21. The summed E-state index contributed by atoms with van der Waals surface area (Å²) < 4.78 is 12.1. The van der Waals surface area contributed by atoms with Crippen LogP contribution in [0.5, 0.6) is 0 Å². The summed E-state index contributed by atoms with van der Waals surface area (Å²) in [4.78, 5) is 14.4. The van der Waals surface area contributed by atoms with Crippen molar-refractivity contribution in [3.05, 3.63) is 0 Å². The molecule has 0 radical (unpaired) electrons. The summed E-state index contributed by atoms with van der Waals surface area (Å²) in [5.41, 5.74) is 10.8. The fraction of sp³-hybridized carbons (Fsp3) is 0.750. The smallest absolute Gasteiger partial charge is 0.329 e. The Balaban J connectivity index is 4.74. The third kappa shape index (κ3) is 4.48. The quantitative estimate of drug-likeness (QED) is 0.292. The van der Waals surface area contributed by atoms with Gasteiger partial charge in [-0.3, -0.25) is 4.99 Å². The minimum Gasteiger partial charge on any atom is -0.480 e. The van der Waals surface area contributed by atoms with Crippen LogP contribution in [-0.4, -0.2) is 40.9 Å². The molecule has 0 saturated heterocycles. The van der Waals surface area contributed by atoms with Crippen LogP contribution in [0, 0.1) is 0 Å². The van der Waals surface area contributed by atoms with Gasteiger partial charge in [-0.1, -0.05) is 6.92 Å². The van der Waals surface area contributed by atoms with Gasteiger partial charge in [-0.25, -0.2) is 9.18 Å². The Bertz CT molecular complexity index is 250. The van der Waals surface area contributed by atoms with E-state index in [1.807, 2.05) is 0 Å². The van der Waals surface area contributed by atoms with E-state index < -0.39 is 30.0 Å². The van der Waals surface area contributed by atoms with Crippen LogP contribution in [0.15, 0.2) is 4.99 Å². The summed E-state index contributed by atoms with van der Waals surface area (Å²) in [5, 5.41) is 8.16. The lowest BCUT2D eigenvalue weighted by molar-refractivity contribution is -0.138. The van der Waals surface area contributed by atoms with Crippen molar-refractivity contribution in [2.45, 2.75) is 30.7 Å². The normalized spacial score (nSPS) is 18.3. The Labute approximate surface area is 93.1 Å². The van der Waals surface area contributed by atoms with Gasteiger partial charge in [-0.15, -0.1) is 0 Å². The topological polar surface area (TPSA) is 102 Å². The van der Waals surface area contributed by atoms with Gasteiger partial charge in [0.2, 0.25) is 0 Å². The van der Waals surface area contributed by atoms with Gasteiger partial charge in [0.05, 0.1) is 5.25 Å². The molecule has 0 aliphatic carbocycles. The van der Waals surface area contributed by atoms with Gasteiger partial charge in [-0.05, 0) is 6.42 Å². The number of hydrogen-bond donors (Lipinski definition) is 4. The van der Waals surface area contributed by atoms with Crippen molar-refractivity contribution in [3.8, 4) is 0 Å². The Kier molecular flexibility index (Phi) is 6.26. The number of alkyl halides is 1. The van der Waals surface area contributed by atoms with Gasteiger partial charge in [0.15, 0.2) is 6.04 Å². The fourth-order valence-electron chi connectivity index (χ4n) is 0.966. The zero-order chi connectivity index (χ0) is 12.0. The number of carboxylic acids is 1. The Morgan fingerprint density at radius 1 is 1.67 bits per heavy atom. The number of thiol groups is 1. The summed E-state index contributed by atoms with van der Waals surface area (Å²) >= 11 is 4.06. The fourth-order valence-corrected chi connectivity index (χ4v) is 1.37. The largest absolute Gasteiger partial charge is 0.480 e.